The molecule has 3 nitrogen and oxygen atoms in total. The van der Waals surface area contributed by atoms with E-state index in [4.69, 9.17) is 23.2 Å². The molecule has 0 spiro atoms. The molecular formula is C14H16Cl2N2O. The summed E-state index contributed by atoms with van der Waals surface area (Å²) in [6.45, 7) is 3.36. The molecule has 1 saturated heterocycles. The van der Waals surface area contributed by atoms with Gasteiger partial charge in [-0.05, 0) is 24.8 Å². The molecule has 0 aliphatic carbocycles. The highest BCUT2D eigenvalue weighted by Crippen LogP contribution is 2.26. The number of rotatable bonds is 2. The van der Waals surface area contributed by atoms with Gasteiger partial charge >= 0.3 is 0 Å². The molecule has 1 aliphatic heterocycles. The summed E-state index contributed by atoms with van der Waals surface area (Å²) in [4.78, 5) is 16.1. The van der Waals surface area contributed by atoms with E-state index in [0.29, 0.717) is 10.0 Å². The fraction of sp³-hybridized carbons (Fsp3) is 0.357. The van der Waals surface area contributed by atoms with Crippen LogP contribution in [0.4, 0.5) is 0 Å². The van der Waals surface area contributed by atoms with E-state index in [2.05, 4.69) is 11.9 Å². The number of hydrogen-bond donors (Lipinski definition) is 0. The molecule has 2 rings (SSSR count). The van der Waals surface area contributed by atoms with Crippen LogP contribution in [0.15, 0.2) is 24.3 Å². The minimum atomic E-state index is 0.0177. The maximum atomic E-state index is 12.0. The third-order valence-electron chi connectivity index (χ3n) is 3.20. The highest BCUT2D eigenvalue weighted by molar-refractivity contribution is 6.42. The lowest BCUT2D eigenvalue weighted by Gasteiger charge is -2.31. The van der Waals surface area contributed by atoms with Gasteiger partial charge in [0.2, 0.25) is 5.91 Å². The SMILES string of the molecule is CN1CCN(C(=O)C=Cc2cccc(Cl)c2Cl)CC1. The van der Waals surface area contributed by atoms with Crippen molar-refractivity contribution in [2.75, 3.05) is 33.2 Å². The first-order chi connectivity index (χ1) is 9.08. The van der Waals surface area contributed by atoms with Gasteiger partial charge in [-0.25, -0.2) is 0 Å². The molecule has 0 bridgehead atoms. The Kier molecular flexibility index (Phi) is 4.86. The highest BCUT2D eigenvalue weighted by atomic mass is 35.5. The van der Waals surface area contributed by atoms with Crippen LogP contribution >= 0.6 is 23.2 Å². The highest BCUT2D eigenvalue weighted by Gasteiger charge is 2.16. The zero-order valence-corrected chi connectivity index (χ0v) is 12.3. The van der Waals surface area contributed by atoms with Crippen LogP contribution in [0.25, 0.3) is 6.08 Å². The van der Waals surface area contributed by atoms with Crippen LogP contribution in [0, 0.1) is 0 Å². The molecule has 0 atom stereocenters. The van der Waals surface area contributed by atoms with Crippen molar-refractivity contribution in [1.29, 1.82) is 0 Å². The Labute approximate surface area is 123 Å². The largest absolute Gasteiger partial charge is 0.337 e. The summed E-state index contributed by atoms with van der Waals surface area (Å²) in [5, 5.41) is 0.974. The molecule has 102 valence electrons. The molecule has 0 saturated carbocycles. The summed E-state index contributed by atoms with van der Waals surface area (Å²) in [7, 11) is 2.06. The number of carbonyl (C=O) groups excluding carboxylic acids is 1. The van der Waals surface area contributed by atoms with E-state index in [1.54, 1.807) is 18.2 Å². The summed E-state index contributed by atoms with van der Waals surface area (Å²) >= 11 is 12.0. The van der Waals surface area contributed by atoms with E-state index in [1.165, 1.54) is 0 Å². The van der Waals surface area contributed by atoms with Gasteiger partial charge in [-0.2, -0.15) is 0 Å². The maximum absolute atomic E-state index is 12.0. The van der Waals surface area contributed by atoms with Gasteiger partial charge in [0.15, 0.2) is 0 Å². The molecule has 0 aromatic heterocycles. The molecule has 5 heteroatoms. The Balaban J connectivity index is 2.02. The minimum Gasteiger partial charge on any atom is -0.337 e. The van der Waals surface area contributed by atoms with Crippen molar-refractivity contribution in [3.8, 4) is 0 Å². The van der Waals surface area contributed by atoms with E-state index in [9.17, 15) is 4.79 Å². The van der Waals surface area contributed by atoms with Crippen molar-refractivity contribution >= 4 is 35.2 Å². The van der Waals surface area contributed by atoms with Crippen LogP contribution in [0.3, 0.4) is 0 Å². The van der Waals surface area contributed by atoms with Gasteiger partial charge in [-0.1, -0.05) is 35.3 Å². The second-order valence-corrected chi connectivity index (χ2v) is 5.39. The third-order valence-corrected chi connectivity index (χ3v) is 4.04. The van der Waals surface area contributed by atoms with Crippen LogP contribution < -0.4 is 0 Å². The average molecular weight is 299 g/mol. The van der Waals surface area contributed by atoms with Crippen LogP contribution in [-0.2, 0) is 4.79 Å². The molecule has 1 heterocycles. The van der Waals surface area contributed by atoms with Crippen LogP contribution in [0.5, 0.6) is 0 Å². The lowest BCUT2D eigenvalue weighted by atomic mass is 10.2. The van der Waals surface area contributed by atoms with Gasteiger partial charge in [-0.15, -0.1) is 0 Å². The fourth-order valence-corrected chi connectivity index (χ4v) is 2.31. The quantitative estimate of drug-likeness (QED) is 0.784. The lowest BCUT2D eigenvalue weighted by Crippen LogP contribution is -2.46. The molecular weight excluding hydrogens is 283 g/mol. The zero-order valence-electron chi connectivity index (χ0n) is 10.8. The molecule has 1 aromatic carbocycles. The molecule has 1 fully saturated rings. The average Bonchev–Trinajstić information content (AvgIpc) is 2.41. The van der Waals surface area contributed by atoms with Crippen LogP contribution in [-0.4, -0.2) is 48.9 Å². The van der Waals surface area contributed by atoms with Crippen molar-refractivity contribution in [2.24, 2.45) is 0 Å². The van der Waals surface area contributed by atoms with E-state index in [-0.39, 0.29) is 5.91 Å². The Hall–Kier alpha value is -1.03. The van der Waals surface area contributed by atoms with E-state index >= 15 is 0 Å². The summed E-state index contributed by atoms with van der Waals surface area (Å²) in [5.41, 5.74) is 0.761. The first-order valence-corrected chi connectivity index (χ1v) is 6.93. The van der Waals surface area contributed by atoms with Gasteiger partial charge in [0.05, 0.1) is 10.0 Å². The van der Waals surface area contributed by atoms with Crippen molar-refractivity contribution in [2.45, 2.75) is 0 Å². The second-order valence-electron chi connectivity index (χ2n) is 4.60. The first-order valence-electron chi connectivity index (χ1n) is 6.17. The number of hydrogen-bond acceptors (Lipinski definition) is 2. The smallest absolute Gasteiger partial charge is 0.246 e. The lowest BCUT2D eigenvalue weighted by molar-refractivity contribution is -0.127. The third kappa shape index (κ3) is 3.72. The predicted octanol–water partition coefficient (Wildman–Crippen LogP) is 2.78. The van der Waals surface area contributed by atoms with Crippen molar-refractivity contribution in [1.82, 2.24) is 9.80 Å². The Morgan fingerprint density at radius 2 is 1.89 bits per heavy atom. The predicted molar refractivity (Wildman–Crippen MR) is 79.6 cm³/mol. The van der Waals surface area contributed by atoms with Crippen molar-refractivity contribution in [3.05, 3.63) is 39.9 Å². The van der Waals surface area contributed by atoms with Crippen molar-refractivity contribution in [3.63, 3.8) is 0 Å². The van der Waals surface area contributed by atoms with Gasteiger partial charge in [0, 0.05) is 32.3 Å². The summed E-state index contributed by atoms with van der Waals surface area (Å²) in [6.07, 6.45) is 3.28. The second kappa shape index (κ2) is 6.42. The zero-order chi connectivity index (χ0) is 13.8. The Morgan fingerprint density at radius 1 is 1.21 bits per heavy atom. The van der Waals surface area contributed by atoms with Gasteiger partial charge in [0.1, 0.15) is 0 Å². The summed E-state index contributed by atoms with van der Waals surface area (Å²) < 4.78 is 0. The number of amides is 1. The molecule has 1 aromatic rings. The van der Waals surface area contributed by atoms with E-state index in [0.717, 1.165) is 31.7 Å². The Morgan fingerprint density at radius 3 is 2.58 bits per heavy atom. The molecule has 1 aliphatic rings. The van der Waals surface area contributed by atoms with E-state index < -0.39 is 0 Å². The number of piperazine rings is 1. The molecule has 0 N–H and O–H groups in total. The number of carbonyl (C=O) groups is 1. The van der Waals surface area contributed by atoms with Crippen LogP contribution in [0.2, 0.25) is 10.0 Å². The normalized spacial score (nSPS) is 17.1. The standard InChI is InChI=1S/C14H16Cl2N2O/c1-17-7-9-18(10-8-17)13(19)6-5-11-3-2-4-12(15)14(11)16/h2-6H,7-10H2,1H3. The van der Waals surface area contributed by atoms with Crippen molar-refractivity contribution < 1.29 is 4.79 Å². The number of nitrogens with zero attached hydrogens (tertiary/aromatic N) is 2. The Bertz CT molecular complexity index is 494. The first kappa shape index (κ1) is 14.4. The molecule has 19 heavy (non-hydrogen) atoms. The maximum Gasteiger partial charge on any atom is 0.246 e. The molecule has 0 radical (unpaired) electrons. The number of likely N-dealkylation sites (N-methyl/N-ethyl adjacent to an activating group) is 1. The number of halogens is 2. The summed E-state index contributed by atoms with van der Waals surface area (Å²) in [5.74, 6) is 0.0177. The van der Waals surface area contributed by atoms with Gasteiger partial charge < -0.3 is 9.80 Å². The van der Waals surface area contributed by atoms with E-state index in [1.807, 2.05) is 17.0 Å². The van der Waals surface area contributed by atoms with Gasteiger partial charge in [0.25, 0.3) is 0 Å². The summed E-state index contributed by atoms with van der Waals surface area (Å²) in [6, 6.07) is 5.37. The molecule has 1 amide bonds. The fourth-order valence-electron chi connectivity index (χ4n) is 1.94. The topological polar surface area (TPSA) is 23.6 Å². The monoisotopic (exact) mass is 298 g/mol. The van der Waals surface area contributed by atoms with Gasteiger partial charge in [-0.3, -0.25) is 4.79 Å². The minimum absolute atomic E-state index is 0.0177. The van der Waals surface area contributed by atoms with Crippen LogP contribution in [0.1, 0.15) is 5.56 Å². The number of benzene rings is 1. The molecule has 0 unspecified atom stereocenters.